The molecule has 0 radical (unpaired) electrons. The Bertz CT molecular complexity index is 2050. The molecule has 254 valence electrons. The van der Waals surface area contributed by atoms with Crippen LogP contribution in [-0.4, -0.2) is 60.8 Å². The number of hydrogen-bond acceptors (Lipinski definition) is 10. The van der Waals surface area contributed by atoms with E-state index in [1.54, 1.807) is 55.5 Å². The Balaban J connectivity index is 1.53. The number of hydrogen-bond donors (Lipinski definition) is 2. The fraction of sp³-hybridized carbons (Fsp3) is 0.263. The predicted octanol–water partition coefficient (Wildman–Crippen LogP) is 4.14. The molecular weight excluding hydrogens is 638 g/mol. The molecule has 1 heterocycles. The summed E-state index contributed by atoms with van der Waals surface area (Å²) >= 11 is 0. The summed E-state index contributed by atoms with van der Waals surface area (Å²) in [7, 11) is -2.87. The summed E-state index contributed by atoms with van der Waals surface area (Å²) < 4.78 is 37.8. The summed E-state index contributed by atoms with van der Waals surface area (Å²) in [5, 5.41) is 25.9. The zero-order chi connectivity index (χ0) is 35.0. The van der Waals surface area contributed by atoms with Gasteiger partial charge in [0.05, 0.1) is 19.3 Å². The van der Waals surface area contributed by atoms with Crippen LogP contribution in [0.1, 0.15) is 44.4 Å². The number of fused-ring (bicyclic) bond motifs is 3. The van der Waals surface area contributed by atoms with Crippen LogP contribution >= 0.6 is 0 Å². The molecule has 0 amide bonds. The Morgan fingerprint density at radius 1 is 0.740 bits per heavy atom. The van der Waals surface area contributed by atoms with E-state index in [1.165, 1.54) is 13.8 Å². The lowest BCUT2D eigenvalue weighted by Gasteiger charge is -2.50. The summed E-state index contributed by atoms with van der Waals surface area (Å²) in [5.74, 6) is -2.19. The molecule has 0 spiro atoms. The predicted molar refractivity (Wildman–Crippen MR) is 188 cm³/mol. The Labute approximate surface area is 290 Å². The third-order valence-electron chi connectivity index (χ3n) is 9.48. The molecule has 0 unspecified atom stereocenters. The molecule has 0 bridgehead atoms. The first-order chi connectivity index (χ1) is 24.1. The number of rotatable bonds is 9. The summed E-state index contributed by atoms with van der Waals surface area (Å²) in [6.07, 6.45) is -1.12. The third kappa shape index (κ3) is 6.30. The molecule has 2 aliphatic rings. The summed E-state index contributed by atoms with van der Waals surface area (Å²) in [6.45, 7) is 4.87. The Morgan fingerprint density at radius 2 is 1.24 bits per heavy atom. The van der Waals surface area contributed by atoms with Gasteiger partial charge in [-0.2, -0.15) is 0 Å². The van der Waals surface area contributed by atoms with E-state index in [2.05, 4.69) is 0 Å². The van der Waals surface area contributed by atoms with E-state index in [-0.39, 0.29) is 37.6 Å². The minimum atomic E-state index is -1.50. The molecular formula is C38H36B2O10. The van der Waals surface area contributed by atoms with Crippen molar-refractivity contribution in [1.82, 2.24) is 0 Å². The van der Waals surface area contributed by atoms with Crippen molar-refractivity contribution in [1.29, 1.82) is 0 Å². The van der Waals surface area contributed by atoms with E-state index in [0.717, 1.165) is 10.8 Å². The lowest BCUT2D eigenvalue weighted by atomic mass is 9.69. The standard InChI is InChI=1S/C38H36B2O10/c1-24(41)47-35-30-20-26-12-10-11-13-27(26)21-31(30)36(48-25(2)42)34-32(35)22-38(37(3)45-18-19-46-37,50-40(44)29-16-8-5-9-17-29)23-33(34)49-39(43)28-14-6-4-7-15-28/h4-17,20-21,33,43-44H,18-19,22-23H2,1-3H3/t33-,38-/m0/s1. The van der Waals surface area contributed by atoms with Crippen LogP contribution in [0.5, 0.6) is 11.5 Å². The van der Waals surface area contributed by atoms with Crippen molar-refractivity contribution in [3.63, 3.8) is 0 Å². The maximum absolute atomic E-state index is 12.9. The molecule has 12 heteroatoms. The van der Waals surface area contributed by atoms with Crippen LogP contribution in [-0.2, 0) is 34.8 Å². The monoisotopic (exact) mass is 674 g/mol. The van der Waals surface area contributed by atoms with E-state index in [1.807, 2.05) is 48.5 Å². The second-order valence-electron chi connectivity index (χ2n) is 12.8. The summed E-state index contributed by atoms with van der Waals surface area (Å²) in [4.78, 5) is 25.7. The smallest absolute Gasteiger partial charge is 0.426 e. The molecule has 2 atom stereocenters. The highest BCUT2D eigenvalue weighted by Crippen LogP contribution is 2.56. The first-order valence-corrected chi connectivity index (χ1v) is 16.5. The molecule has 1 saturated heterocycles. The molecule has 1 aliphatic carbocycles. The van der Waals surface area contributed by atoms with Crippen molar-refractivity contribution in [2.24, 2.45) is 0 Å². The van der Waals surface area contributed by atoms with Gasteiger partial charge in [-0.3, -0.25) is 9.59 Å². The molecule has 1 aliphatic heterocycles. The lowest BCUT2D eigenvalue weighted by molar-refractivity contribution is -0.261. The Kier molecular flexibility index (Phi) is 9.25. The quantitative estimate of drug-likeness (QED) is 0.102. The third-order valence-corrected chi connectivity index (χ3v) is 9.48. The fourth-order valence-electron chi connectivity index (χ4n) is 7.16. The second kappa shape index (κ2) is 13.6. The van der Waals surface area contributed by atoms with Crippen molar-refractivity contribution >= 4 is 58.6 Å². The molecule has 1 fully saturated rings. The number of ether oxygens (including phenoxy) is 4. The number of benzene rings is 5. The maximum Gasteiger partial charge on any atom is 0.491 e. The van der Waals surface area contributed by atoms with E-state index in [0.29, 0.717) is 32.8 Å². The first kappa shape index (κ1) is 33.9. The van der Waals surface area contributed by atoms with Gasteiger partial charge in [-0.15, -0.1) is 0 Å². The van der Waals surface area contributed by atoms with Crippen LogP contribution in [0.4, 0.5) is 0 Å². The van der Waals surface area contributed by atoms with Gasteiger partial charge in [-0.1, -0.05) is 84.9 Å². The van der Waals surface area contributed by atoms with Crippen molar-refractivity contribution in [2.45, 2.75) is 51.1 Å². The molecule has 2 N–H and O–H groups in total. The van der Waals surface area contributed by atoms with Crippen molar-refractivity contribution in [2.75, 3.05) is 13.2 Å². The van der Waals surface area contributed by atoms with Gasteiger partial charge in [-0.25, -0.2) is 0 Å². The van der Waals surface area contributed by atoms with Crippen LogP contribution in [0.15, 0.2) is 97.1 Å². The largest absolute Gasteiger partial charge is 0.491 e. The Morgan fingerprint density at radius 3 is 1.80 bits per heavy atom. The van der Waals surface area contributed by atoms with E-state index < -0.39 is 43.7 Å². The van der Waals surface area contributed by atoms with Gasteiger partial charge in [0.15, 0.2) is 5.79 Å². The van der Waals surface area contributed by atoms with Crippen molar-refractivity contribution in [3.8, 4) is 11.5 Å². The summed E-state index contributed by atoms with van der Waals surface area (Å²) in [5.41, 5.74) is 0.281. The SMILES string of the molecule is CC(=O)Oc1c2c(c(OC(C)=O)c3cc4ccccc4cc13)[C@@H](OB(O)c1ccccc1)C[C@](OB(O)c1ccccc1)(C1(C)OCCO1)C2. The Hall–Kier alpha value is -4.55. The number of esters is 2. The average Bonchev–Trinajstić information content (AvgIpc) is 3.57. The molecule has 5 aromatic carbocycles. The topological polar surface area (TPSA) is 130 Å². The molecule has 0 saturated carbocycles. The number of carbonyl (C=O) groups excluding carboxylic acids is 2. The average molecular weight is 674 g/mol. The number of carbonyl (C=O) groups is 2. The van der Waals surface area contributed by atoms with Gasteiger partial charge >= 0.3 is 26.2 Å². The van der Waals surface area contributed by atoms with Gasteiger partial charge < -0.3 is 38.3 Å². The maximum atomic E-state index is 12.9. The minimum Gasteiger partial charge on any atom is -0.426 e. The van der Waals surface area contributed by atoms with Crippen LogP contribution in [0.25, 0.3) is 21.5 Å². The molecule has 7 rings (SSSR count). The zero-order valence-corrected chi connectivity index (χ0v) is 28.0. The van der Waals surface area contributed by atoms with Gasteiger partial charge in [0.2, 0.25) is 0 Å². The molecule has 10 nitrogen and oxygen atoms in total. The van der Waals surface area contributed by atoms with E-state index in [9.17, 15) is 19.6 Å². The second-order valence-corrected chi connectivity index (χ2v) is 12.8. The van der Waals surface area contributed by atoms with Gasteiger partial charge in [0.1, 0.15) is 17.1 Å². The highest BCUT2D eigenvalue weighted by molar-refractivity contribution is 6.60. The van der Waals surface area contributed by atoms with E-state index in [4.69, 9.17) is 28.3 Å². The molecule has 50 heavy (non-hydrogen) atoms. The van der Waals surface area contributed by atoms with Crippen LogP contribution in [0, 0.1) is 0 Å². The summed E-state index contributed by atoms with van der Waals surface area (Å²) in [6, 6.07) is 29.2. The van der Waals surface area contributed by atoms with Crippen LogP contribution in [0.3, 0.4) is 0 Å². The lowest BCUT2D eigenvalue weighted by Crippen LogP contribution is -2.62. The normalized spacial score (nSPS) is 19.6. The highest BCUT2D eigenvalue weighted by Gasteiger charge is 2.60. The fourth-order valence-corrected chi connectivity index (χ4v) is 7.16. The van der Waals surface area contributed by atoms with Crippen LogP contribution < -0.4 is 20.4 Å². The molecule has 5 aromatic rings. The molecule has 0 aromatic heterocycles. The van der Waals surface area contributed by atoms with E-state index >= 15 is 0 Å². The van der Waals surface area contributed by atoms with Crippen molar-refractivity contribution < 1.29 is 47.9 Å². The van der Waals surface area contributed by atoms with Crippen molar-refractivity contribution in [3.05, 3.63) is 108 Å². The van der Waals surface area contributed by atoms with Gasteiger partial charge in [0, 0.05) is 48.6 Å². The first-order valence-electron chi connectivity index (χ1n) is 16.5. The minimum absolute atomic E-state index is 0.0241. The highest BCUT2D eigenvalue weighted by atomic mass is 16.8. The zero-order valence-electron chi connectivity index (χ0n) is 28.0. The van der Waals surface area contributed by atoms with Crippen LogP contribution in [0.2, 0.25) is 0 Å². The van der Waals surface area contributed by atoms with Gasteiger partial charge in [0.25, 0.3) is 0 Å². The van der Waals surface area contributed by atoms with Gasteiger partial charge in [-0.05, 0) is 40.8 Å².